The fourth-order valence-electron chi connectivity index (χ4n) is 2.88. The molecule has 0 saturated heterocycles. The number of benzene rings is 3. The third kappa shape index (κ3) is 5.31. The van der Waals surface area contributed by atoms with Crippen LogP contribution in [0.5, 0.6) is 23.0 Å². The summed E-state index contributed by atoms with van der Waals surface area (Å²) < 4.78 is 34.2. The average molecular weight is 436 g/mol. The van der Waals surface area contributed by atoms with Gasteiger partial charge in [-0.3, -0.25) is 4.79 Å². The summed E-state index contributed by atoms with van der Waals surface area (Å²) in [6.45, 7) is 0. The molecule has 0 aliphatic rings. The fourth-order valence-corrected chi connectivity index (χ4v) is 2.88. The zero-order chi connectivity index (χ0) is 23.1. The first-order valence-corrected chi connectivity index (χ1v) is 9.55. The first-order chi connectivity index (χ1) is 15.4. The van der Waals surface area contributed by atoms with E-state index in [0.29, 0.717) is 22.8 Å². The second-order valence-corrected chi connectivity index (χ2v) is 6.57. The monoisotopic (exact) mass is 436 g/mol. The Labute approximate surface area is 184 Å². The lowest BCUT2D eigenvalue weighted by Gasteiger charge is -2.12. The first-order valence-electron chi connectivity index (χ1n) is 9.55. The van der Waals surface area contributed by atoms with Crippen LogP contribution in [0.2, 0.25) is 0 Å². The van der Waals surface area contributed by atoms with Crippen molar-refractivity contribution >= 4 is 17.8 Å². The molecule has 0 spiro atoms. The van der Waals surface area contributed by atoms with Crippen molar-refractivity contribution in [3.05, 3.63) is 89.2 Å². The summed E-state index contributed by atoms with van der Waals surface area (Å²) in [7, 11) is 4.41. The van der Waals surface area contributed by atoms with Crippen molar-refractivity contribution in [3.8, 4) is 23.0 Å². The van der Waals surface area contributed by atoms with Gasteiger partial charge in [0.25, 0.3) is 0 Å². The number of allylic oxidation sites excluding steroid dienone is 1. The van der Waals surface area contributed by atoms with Gasteiger partial charge in [-0.05, 0) is 54.1 Å². The number of halogens is 1. The zero-order valence-corrected chi connectivity index (χ0v) is 17.8. The summed E-state index contributed by atoms with van der Waals surface area (Å²) in [6, 6.07) is 14.8. The summed E-state index contributed by atoms with van der Waals surface area (Å²) in [5.41, 5.74) is 1.03. The molecule has 7 heteroatoms. The highest BCUT2D eigenvalue weighted by molar-refractivity contribution is 6.09. The third-order valence-corrected chi connectivity index (χ3v) is 4.57. The van der Waals surface area contributed by atoms with E-state index in [1.807, 2.05) is 0 Å². The molecule has 0 aromatic heterocycles. The van der Waals surface area contributed by atoms with E-state index in [0.717, 1.165) is 0 Å². The smallest absolute Gasteiger partial charge is 0.343 e. The molecule has 164 valence electrons. The molecule has 32 heavy (non-hydrogen) atoms. The highest BCUT2D eigenvalue weighted by Gasteiger charge is 2.18. The van der Waals surface area contributed by atoms with Crippen molar-refractivity contribution < 1.29 is 32.9 Å². The Kier molecular flexibility index (Phi) is 7.23. The van der Waals surface area contributed by atoms with E-state index in [2.05, 4.69) is 0 Å². The molecule has 0 unspecified atom stereocenters. The average Bonchev–Trinajstić information content (AvgIpc) is 2.82. The number of esters is 1. The van der Waals surface area contributed by atoms with E-state index in [1.165, 1.54) is 63.8 Å². The molecular formula is C25H21FO6. The Morgan fingerprint density at radius 3 is 2.16 bits per heavy atom. The molecule has 3 rings (SSSR count). The van der Waals surface area contributed by atoms with Gasteiger partial charge < -0.3 is 18.9 Å². The molecule has 0 heterocycles. The number of hydrogen-bond donors (Lipinski definition) is 0. The molecule has 0 atom stereocenters. The van der Waals surface area contributed by atoms with Crippen molar-refractivity contribution in [2.75, 3.05) is 21.3 Å². The van der Waals surface area contributed by atoms with E-state index in [-0.39, 0.29) is 22.7 Å². The van der Waals surface area contributed by atoms with Crippen LogP contribution < -0.4 is 18.9 Å². The van der Waals surface area contributed by atoms with Crippen LogP contribution in [0.25, 0.3) is 6.08 Å². The minimum absolute atomic E-state index is 0.0397. The number of ketones is 1. The molecule has 0 radical (unpaired) electrons. The van der Waals surface area contributed by atoms with Crippen LogP contribution in [-0.4, -0.2) is 33.1 Å². The lowest BCUT2D eigenvalue weighted by atomic mass is 10.1. The Bertz CT molecular complexity index is 1150. The van der Waals surface area contributed by atoms with Crippen molar-refractivity contribution in [3.63, 3.8) is 0 Å². The Balaban J connectivity index is 1.88. The van der Waals surface area contributed by atoms with Crippen molar-refractivity contribution in [1.82, 2.24) is 0 Å². The quantitative estimate of drug-likeness (QED) is 0.215. The second kappa shape index (κ2) is 10.3. The molecule has 6 nitrogen and oxygen atoms in total. The van der Waals surface area contributed by atoms with E-state index in [1.54, 1.807) is 30.3 Å². The van der Waals surface area contributed by atoms with Gasteiger partial charge in [0.1, 0.15) is 17.3 Å². The van der Waals surface area contributed by atoms with Gasteiger partial charge >= 0.3 is 5.97 Å². The van der Waals surface area contributed by atoms with E-state index < -0.39 is 11.8 Å². The number of carbonyl (C=O) groups is 2. The lowest BCUT2D eigenvalue weighted by molar-refractivity contribution is 0.0732. The van der Waals surface area contributed by atoms with Crippen molar-refractivity contribution in [1.29, 1.82) is 0 Å². The summed E-state index contributed by atoms with van der Waals surface area (Å²) in [5, 5.41) is 0. The van der Waals surface area contributed by atoms with E-state index in [9.17, 15) is 14.0 Å². The molecule has 0 bridgehead atoms. The Morgan fingerprint density at radius 2 is 1.50 bits per heavy atom. The molecule has 0 N–H and O–H groups in total. The second-order valence-electron chi connectivity index (χ2n) is 6.57. The summed E-state index contributed by atoms with van der Waals surface area (Å²) in [4.78, 5) is 25.5. The van der Waals surface area contributed by atoms with Gasteiger partial charge in [0.2, 0.25) is 0 Å². The minimum Gasteiger partial charge on any atom is -0.497 e. The van der Waals surface area contributed by atoms with E-state index >= 15 is 0 Å². The van der Waals surface area contributed by atoms with Crippen LogP contribution >= 0.6 is 0 Å². The predicted octanol–water partition coefficient (Wildman–Crippen LogP) is 4.97. The maximum absolute atomic E-state index is 13.1. The molecule has 0 aliphatic carbocycles. The molecule has 0 amide bonds. The topological polar surface area (TPSA) is 71.1 Å². The number of methoxy groups -OCH3 is 3. The van der Waals surface area contributed by atoms with Gasteiger partial charge in [0.05, 0.1) is 32.5 Å². The number of rotatable bonds is 8. The molecule has 3 aromatic carbocycles. The summed E-state index contributed by atoms with van der Waals surface area (Å²) in [6.07, 6.45) is 2.87. The third-order valence-electron chi connectivity index (χ3n) is 4.57. The van der Waals surface area contributed by atoms with Crippen LogP contribution in [0.15, 0.2) is 66.7 Å². The maximum Gasteiger partial charge on any atom is 0.343 e. The molecule has 0 aliphatic heterocycles. The van der Waals surface area contributed by atoms with Gasteiger partial charge in [-0.15, -0.1) is 0 Å². The lowest BCUT2D eigenvalue weighted by Crippen LogP contribution is -2.11. The first kappa shape index (κ1) is 22.6. The van der Waals surface area contributed by atoms with E-state index in [4.69, 9.17) is 18.9 Å². The molecule has 0 fully saturated rings. The van der Waals surface area contributed by atoms with Gasteiger partial charge in [0.15, 0.2) is 17.3 Å². The molecule has 0 saturated carbocycles. The van der Waals surface area contributed by atoms with Gasteiger partial charge in [-0.1, -0.05) is 18.2 Å². The van der Waals surface area contributed by atoms with Gasteiger partial charge in [-0.2, -0.15) is 0 Å². The van der Waals surface area contributed by atoms with Crippen molar-refractivity contribution in [2.24, 2.45) is 0 Å². The molecule has 3 aromatic rings. The summed E-state index contributed by atoms with van der Waals surface area (Å²) in [5.74, 6) is -0.161. The van der Waals surface area contributed by atoms with Crippen molar-refractivity contribution in [2.45, 2.75) is 0 Å². The van der Waals surface area contributed by atoms with Gasteiger partial charge in [0, 0.05) is 6.07 Å². The highest BCUT2D eigenvalue weighted by atomic mass is 19.1. The zero-order valence-electron chi connectivity index (χ0n) is 17.8. The standard InChI is InChI=1S/C25H21FO6/c1-29-19-10-11-20(21(27)12-6-16-4-8-18(26)9-5-16)23(15-19)32-25(28)17-7-13-22(30-2)24(14-17)31-3/h4-15H,1-3H3/b12-6+. The van der Waals surface area contributed by atoms with Crippen LogP contribution in [0.4, 0.5) is 4.39 Å². The number of hydrogen-bond acceptors (Lipinski definition) is 6. The number of ether oxygens (including phenoxy) is 4. The Morgan fingerprint density at radius 1 is 0.781 bits per heavy atom. The summed E-state index contributed by atoms with van der Waals surface area (Å²) >= 11 is 0. The number of carbonyl (C=O) groups excluding carboxylic acids is 2. The van der Waals surface area contributed by atoms with Crippen LogP contribution in [0.3, 0.4) is 0 Å². The van der Waals surface area contributed by atoms with Crippen LogP contribution in [-0.2, 0) is 0 Å². The normalized spacial score (nSPS) is 10.6. The fraction of sp³-hybridized carbons (Fsp3) is 0.120. The Hall–Kier alpha value is -4.13. The minimum atomic E-state index is -0.684. The predicted molar refractivity (Wildman–Crippen MR) is 117 cm³/mol. The molecular weight excluding hydrogens is 415 g/mol. The largest absolute Gasteiger partial charge is 0.497 e. The maximum atomic E-state index is 13.1. The van der Waals surface area contributed by atoms with Crippen LogP contribution in [0.1, 0.15) is 26.3 Å². The SMILES string of the molecule is COc1ccc(C(=O)/C=C/c2ccc(F)cc2)c(OC(=O)c2ccc(OC)c(OC)c2)c1. The highest BCUT2D eigenvalue weighted by Crippen LogP contribution is 2.30. The van der Waals surface area contributed by atoms with Crippen LogP contribution in [0, 0.1) is 5.82 Å². The van der Waals surface area contributed by atoms with Gasteiger partial charge in [-0.25, -0.2) is 9.18 Å².